The van der Waals surface area contributed by atoms with Crippen LogP contribution in [0.3, 0.4) is 0 Å². The number of unbranched alkanes of at least 4 members (excludes halogenated alkanes) is 16. The molecule has 0 radical (unpaired) electrons. The predicted molar refractivity (Wildman–Crippen MR) is 153 cm³/mol. The van der Waals surface area contributed by atoms with E-state index in [1.165, 1.54) is 109 Å². The minimum Gasteiger partial charge on any atom is -0.504 e. The molecule has 1 aromatic carbocycles. The highest BCUT2D eigenvalue weighted by Crippen LogP contribution is 2.26. The third kappa shape index (κ3) is 17.8. The van der Waals surface area contributed by atoms with E-state index >= 15 is 0 Å². The van der Waals surface area contributed by atoms with Gasteiger partial charge in [-0.3, -0.25) is 0 Å². The second-order valence-corrected chi connectivity index (χ2v) is 11.9. The van der Waals surface area contributed by atoms with Crippen molar-refractivity contribution in [1.29, 1.82) is 0 Å². The van der Waals surface area contributed by atoms with Crippen molar-refractivity contribution in [2.45, 2.75) is 129 Å². The molecule has 0 spiro atoms. The Balaban J connectivity index is 1.90. The molecular formula is C30H53NO4S. The van der Waals surface area contributed by atoms with Crippen molar-refractivity contribution in [2.75, 3.05) is 12.9 Å². The fourth-order valence-electron chi connectivity index (χ4n) is 4.34. The van der Waals surface area contributed by atoms with Crippen LogP contribution >= 0.6 is 0 Å². The highest BCUT2D eigenvalue weighted by molar-refractivity contribution is 7.89. The molecule has 0 unspecified atom stereocenters. The van der Waals surface area contributed by atoms with Crippen molar-refractivity contribution >= 4 is 10.0 Å². The van der Waals surface area contributed by atoms with Crippen LogP contribution in [0, 0.1) is 0 Å². The van der Waals surface area contributed by atoms with Gasteiger partial charge >= 0.3 is 0 Å². The zero-order chi connectivity index (χ0) is 26.3. The quantitative estimate of drug-likeness (QED) is 0.105. The van der Waals surface area contributed by atoms with E-state index in [9.17, 15) is 13.5 Å². The number of nitrogens with one attached hydrogen (secondary N) is 1. The first kappa shape index (κ1) is 32.5. The summed E-state index contributed by atoms with van der Waals surface area (Å²) < 4.78 is 32.1. The van der Waals surface area contributed by atoms with Gasteiger partial charge in [-0.2, -0.15) is 0 Å². The third-order valence-electron chi connectivity index (χ3n) is 6.67. The number of aromatic hydroxyl groups is 1. The van der Waals surface area contributed by atoms with Gasteiger partial charge in [-0.15, -0.1) is 0 Å². The van der Waals surface area contributed by atoms with Gasteiger partial charge < -0.3 is 9.84 Å². The van der Waals surface area contributed by atoms with Crippen molar-refractivity contribution in [2.24, 2.45) is 0 Å². The van der Waals surface area contributed by atoms with Gasteiger partial charge in [-0.05, 0) is 49.8 Å². The maximum Gasteiger partial charge on any atom is 0.211 e. The second-order valence-electron chi connectivity index (χ2n) is 10.00. The van der Waals surface area contributed by atoms with Crippen LogP contribution in [0.4, 0.5) is 0 Å². The fraction of sp³-hybridized carbons (Fsp3) is 0.733. The van der Waals surface area contributed by atoms with E-state index in [1.807, 2.05) is 0 Å². The maximum atomic E-state index is 12.2. The molecule has 0 atom stereocenters. The third-order valence-corrected chi connectivity index (χ3v) is 8.08. The van der Waals surface area contributed by atoms with Gasteiger partial charge in [0.2, 0.25) is 10.0 Å². The van der Waals surface area contributed by atoms with Crippen LogP contribution in [0.25, 0.3) is 0 Å². The van der Waals surface area contributed by atoms with Gasteiger partial charge in [-0.25, -0.2) is 13.1 Å². The van der Waals surface area contributed by atoms with E-state index in [0.717, 1.165) is 18.4 Å². The summed E-state index contributed by atoms with van der Waals surface area (Å²) in [4.78, 5) is 0. The van der Waals surface area contributed by atoms with Crippen LogP contribution in [-0.4, -0.2) is 26.4 Å². The Kier molecular flexibility index (Phi) is 19.5. The number of sulfonamides is 1. The van der Waals surface area contributed by atoms with Gasteiger partial charge in [0.15, 0.2) is 11.5 Å². The van der Waals surface area contributed by atoms with E-state index in [2.05, 4.69) is 23.8 Å². The standard InChI is InChI=1S/C30H53NO4S/c1-3-4-5-6-7-8-9-10-11-12-13-14-15-16-17-18-19-20-21-22-25-36(33,34)31-27-28-23-24-29(32)30(26-28)35-2/h11-12,23-24,26,31-32H,3-10,13-22,25,27H2,1-2H3. The van der Waals surface area contributed by atoms with Gasteiger partial charge in [-0.1, -0.05) is 109 Å². The van der Waals surface area contributed by atoms with Crippen molar-refractivity contribution in [1.82, 2.24) is 4.72 Å². The Bertz CT molecular complexity index is 792. The molecule has 0 aromatic heterocycles. The number of rotatable bonds is 24. The minimum atomic E-state index is -3.29. The van der Waals surface area contributed by atoms with Crippen molar-refractivity contribution in [3.05, 3.63) is 35.9 Å². The number of methoxy groups -OCH3 is 1. The van der Waals surface area contributed by atoms with Gasteiger partial charge in [0.05, 0.1) is 12.9 Å². The molecule has 208 valence electrons. The van der Waals surface area contributed by atoms with Crippen LogP contribution < -0.4 is 9.46 Å². The lowest BCUT2D eigenvalue weighted by Gasteiger charge is -2.09. The fourth-order valence-corrected chi connectivity index (χ4v) is 5.46. The van der Waals surface area contributed by atoms with Crippen LogP contribution in [-0.2, 0) is 16.6 Å². The molecule has 0 aliphatic rings. The Morgan fingerprint density at radius 1 is 0.778 bits per heavy atom. The molecule has 36 heavy (non-hydrogen) atoms. The monoisotopic (exact) mass is 523 g/mol. The van der Waals surface area contributed by atoms with Crippen molar-refractivity contribution in [3.63, 3.8) is 0 Å². The van der Waals surface area contributed by atoms with Crippen LogP contribution in [0.2, 0.25) is 0 Å². The molecule has 1 rings (SSSR count). The van der Waals surface area contributed by atoms with E-state index in [4.69, 9.17) is 4.74 Å². The molecule has 6 heteroatoms. The van der Waals surface area contributed by atoms with Gasteiger partial charge in [0, 0.05) is 6.54 Å². The molecule has 0 saturated carbocycles. The van der Waals surface area contributed by atoms with Crippen molar-refractivity contribution < 1.29 is 18.3 Å². The van der Waals surface area contributed by atoms with Gasteiger partial charge in [0.25, 0.3) is 0 Å². The smallest absolute Gasteiger partial charge is 0.211 e. The van der Waals surface area contributed by atoms with Gasteiger partial charge in [0.1, 0.15) is 0 Å². The lowest BCUT2D eigenvalue weighted by Crippen LogP contribution is -2.25. The van der Waals surface area contributed by atoms with E-state index in [0.29, 0.717) is 12.2 Å². The molecule has 0 saturated heterocycles. The van der Waals surface area contributed by atoms with Crippen molar-refractivity contribution in [3.8, 4) is 11.5 Å². The molecule has 2 N–H and O–H groups in total. The maximum absolute atomic E-state index is 12.2. The Morgan fingerprint density at radius 2 is 1.28 bits per heavy atom. The summed E-state index contributed by atoms with van der Waals surface area (Å²) in [5, 5.41) is 9.63. The topological polar surface area (TPSA) is 75.6 Å². The lowest BCUT2D eigenvalue weighted by molar-refractivity contribution is 0.373. The average Bonchev–Trinajstić information content (AvgIpc) is 2.87. The molecule has 5 nitrogen and oxygen atoms in total. The van der Waals surface area contributed by atoms with E-state index in [-0.39, 0.29) is 18.0 Å². The number of phenols is 1. The Morgan fingerprint density at radius 3 is 1.81 bits per heavy atom. The van der Waals surface area contributed by atoms with Crippen LogP contribution in [0.5, 0.6) is 11.5 Å². The summed E-state index contributed by atoms with van der Waals surface area (Å²) in [5.74, 6) is 0.553. The summed E-state index contributed by atoms with van der Waals surface area (Å²) >= 11 is 0. The molecule has 0 aliphatic heterocycles. The molecule has 1 aromatic rings. The summed E-state index contributed by atoms with van der Waals surface area (Å²) in [5.41, 5.74) is 0.757. The van der Waals surface area contributed by atoms with E-state index in [1.54, 1.807) is 12.1 Å². The highest BCUT2D eigenvalue weighted by atomic mass is 32.2. The number of ether oxygens (including phenoxy) is 1. The lowest BCUT2D eigenvalue weighted by atomic mass is 10.1. The SMILES string of the molecule is CCCCCCCCCC=CCCCCCCCCCCCS(=O)(=O)NCc1ccc(O)c(OC)c1. The first-order chi connectivity index (χ1) is 17.5. The first-order valence-electron chi connectivity index (χ1n) is 14.5. The Labute approximate surface area is 222 Å². The minimum absolute atomic E-state index is 0.0469. The molecule has 0 aliphatic carbocycles. The largest absolute Gasteiger partial charge is 0.504 e. The normalized spacial score (nSPS) is 11.9. The summed E-state index contributed by atoms with van der Waals surface area (Å²) in [6.45, 7) is 2.47. The first-order valence-corrected chi connectivity index (χ1v) is 16.1. The molecule has 0 heterocycles. The summed E-state index contributed by atoms with van der Waals surface area (Å²) in [6, 6.07) is 4.85. The number of allylic oxidation sites excluding steroid dienone is 2. The Hall–Kier alpha value is -1.53. The molecule has 0 fully saturated rings. The second kappa shape index (κ2) is 21.5. The number of phenolic OH excluding ortho intramolecular Hbond substituents is 1. The zero-order valence-corrected chi connectivity index (χ0v) is 23.9. The highest BCUT2D eigenvalue weighted by Gasteiger charge is 2.10. The summed E-state index contributed by atoms with van der Waals surface area (Å²) in [7, 11) is -1.82. The van der Waals surface area contributed by atoms with E-state index < -0.39 is 10.0 Å². The van der Waals surface area contributed by atoms with Crippen LogP contribution in [0.15, 0.2) is 30.4 Å². The predicted octanol–water partition coefficient (Wildman–Crippen LogP) is 8.42. The average molecular weight is 524 g/mol. The molecule has 0 amide bonds. The molecular weight excluding hydrogens is 470 g/mol. The number of hydrogen-bond acceptors (Lipinski definition) is 4. The number of benzene rings is 1. The molecule has 0 bridgehead atoms. The summed E-state index contributed by atoms with van der Waals surface area (Å²) in [6.07, 6.45) is 27.3. The zero-order valence-electron chi connectivity index (χ0n) is 23.1. The van der Waals surface area contributed by atoms with Crippen LogP contribution in [0.1, 0.15) is 128 Å². The number of hydrogen-bond donors (Lipinski definition) is 2.